The predicted molar refractivity (Wildman–Crippen MR) is 214 cm³/mol. The van der Waals surface area contributed by atoms with Crippen molar-refractivity contribution >= 4 is 28.4 Å². The van der Waals surface area contributed by atoms with Gasteiger partial charge < -0.3 is 14.9 Å². The number of benzene rings is 4. The maximum atomic E-state index is 3.06. The van der Waals surface area contributed by atoms with E-state index in [2.05, 4.69) is 180 Å². The molecule has 0 aromatic heterocycles. The second-order valence-corrected chi connectivity index (χ2v) is 15.1. The van der Waals surface area contributed by atoms with E-state index in [1.165, 1.54) is 101 Å². The summed E-state index contributed by atoms with van der Waals surface area (Å²) in [5, 5.41) is 5.49. The maximum absolute atomic E-state index is 3.06. The van der Waals surface area contributed by atoms with E-state index in [9.17, 15) is 0 Å². The Balaban J connectivity index is 0.000000305. The molecule has 0 unspecified atom stereocenters. The minimum atomic E-state index is 0. The van der Waals surface area contributed by atoms with Crippen molar-refractivity contribution in [3.05, 3.63) is 145 Å². The molecule has 0 heterocycles. The number of hydrogen-bond acceptors (Lipinski definition) is 0. The SMILES string of the molecule is CC(C)c1cc2c(-c3ccc(C(C)(C)C)cc3)cccc2[cH-]1.Cc1cc2c(-c3ccc(C(C)(C)C)cc3)cc(C)c(C)c2[cH-]1.[CH3-].[CH3-].[Si]=[Zr]. The first-order valence-corrected chi connectivity index (χ1v) is 20.7. The van der Waals surface area contributed by atoms with E-state index in [-0.39, 0.29) is 25.7 Å². The molecule has 0 amide bonds. The monoisotopic (exact) mass is 726 g/mol. The van der Waals surface area contributed by atoms with E-state index in [0.717, 1.165) is 0 Å². The van der Waals surface area contributed by atoms with Gasteiger partial charge in [0.25, 0.3) is 0 Å². The van der Waals surface area contributed by atoms with Crippen LogP contribution in [0, 0.1) is 35.6 Å². The third kappa shape index (κ3) is 9.25. The van der Waals surface area contributed by atoms with Gasteiger partial charge in [-0.15, -0.1) is 62.5 Å². The average molecular weight is 728 g/mol. The van der Waals surface area contributed by atoms with Crippen LogP contribution in [0.2, 0.25) is 0 Å². The van der Waals surface area contributed by atoms with Gasteiger partial charge in [0.2, 0.25) is 0 Å². The third-order valence-corrected chi connectivity index (χ3v) is 9.24. The second-order valence-electron chi connectivity index (χ2n) is 15.1. The van der Waals surface area contributed by atoms with Gasteiger partial charge in [0, 0.05) is 0 Å². The molecule has 6 rings (SSSR count). The summed E-state index contributed by atoms with van der Waals surface area (Å²) in [6.45, 7) is 27.8. The van der Waals surface area contributed by atoms with E-state index in [1.54, 1.807) is 0 Å². The molecule has 0 saturated carbocycles. The predicted octanol–water partition coefficient (Wildman–Crippen LogP) is 13.6. The van der Waals surface area contributed by atoms with Gasteiger partial charge in [0.05, 0.1) is 0 Å². The molecule has 0 nitrogen and oxygen atoms in total. The molecule has 0 atom stereocenters. The van der Waals surface area contributed by atoms with E-state index in [1.807, 2.05) is 0 Å². The van der Waals surface area contributed by atoms with Crippen molar-refractivity contribution in [2.75, 3.05) is 0 Å². The molecule has 0 fully saturated rings. The zero-order valence-electron chi connectivity index (χ0n) is 31.8. The summed E-state index contributed by atoms with van der Waals surface area (Å²) in [5.74, 6) is 0.573. The van der Waals surface area contributed by atoms with Gasteiger partial charge in [0.1, 0.15) is 0 Å². The topological polar surface area (TPSA) is 0 Å². The molecule has 0 saturated heterocycles. The fourth-order valence-electron chi connectivity index (χ4n) is 6.18. The van der Waals surface area contributed by atoms with Crippen LogP contribution in [-0.2, 0) is 34.2 Å². The molecule has 0 aliphatic carbocycles. The first-order chi connectivity index (χ1) is 21.6. The van der Waals surface area contributed by atoms with Crippen LogP contribution in [0.1, 0.15) is 94.7 Å². The van der Waals surface area contributed by atoms with Crippen LogP contribution in [-0.4, -0.2) is 6.88 Å². The van der Waals surface area contributed by atoms with Crippen molar-refractivity contribution < 1.29 is 23.3 Å². The summed E-state index contributed by atoms with van der Waals surface area (Å²) in [5.41, 5.74) is 14.0. The fraction of sp³-hybridized carbons (Fsp3) is 0.304. The second kappa shape index (κ2) is 16.7. The third-order valence-electron chi connectivity index (χ3n) is 9.24. The van der Waals surface area contributed by atoms with Crippen LogP contribution in [0.25, 0.3) is 43.8 Å². The Labute approximate surface area is 310 Å². The zero-order valence-corrected chi connectivity index (χ0v) is 35.3. The van der Waals surface area contributed by atoms with E-state index >= 15 is 0 Å². The Kier molecular flexibility index (Phi) is 14.4. The Bertz CT molecular complexity index is 1910. The first kappa shape index (κ1) is 41.4. The minimum absolute atomic E-state index is 0. The Morgan fingerprint density at radius 1 is 0.604 bits per heavy atom. The number of fused-ring (bicyclic) bond motifs is 2. The van der Waals surface area contributed by atoms with E-state index in [0.29, 0.717) is 5.92 Å². The summed E-state index contributed by atoms with van der Waals surface area (Å²) in [6.07, 6.45) is 0. The number of rotatable bonds is 3. The van der Waals surface area contributed by atoms with Crippen LogP contribution in [0.3, 0.4) is 0 Å². The fourth-order valence-corrected chi connectivity index (χ4v) is 6.18. The quantitative estimate of drug-likeness (QED) is 0.126. The molecule has 0 N–H and O–H groups in total. The molecule has 0 spiro atoms. The van der Waals surface area contributed by atoms with Crippen LogP contribution >= 0.6 is 0 Å². The Morgan fingerprint density at radius 2 is 1.10 bits per heavy atom. The molecule has 6 aromatic rings. The first-order valence-electron chi connectivity index (χ1n) is 16.5. The summed E-state index contributed by atoms with van der Waals surface area (Å²) in [7, 11) is 0. The summed E-state index contributed by atoms with van der Waals surface area (Å²) in [6, 6.07) is 36.4. The zero-order chi connectivity index (χ0) is 34.0. The van der Waals surface area contributed by atoms with E-state index in [4.69, 9.17) is 0 Å². The average Bonchev–Trinajstić information content (AvgIpc) is 3.64. The van der Waals surface area contributed by atoms with Crippen molar-refractivity contribution in [2.45, 2.75) is 92.9 Å². The summed E-state index contributed by atoms with van der Waals surface area (Å²) >= 11 is 1.36. The molecule has 48 heavy (non-hydrogen) atoms. The molecule has 2 radical (unpaired) electrons. The standard InChI is InChI=1S/2C22H25.2CH3.Si.Zr/c1-14-11-19-16(3)15(2)13-20(21(19)12-14)17-7-9-18(10-8-17)22(4,5)6;1-15(2)18-13-17-7-6-8-20(21(17)14-18)16-9-11-19(12-10-16)22(3,4)5;;;;/h7-13H,1-6H3;6-15H,1-5H3;2*1H3;;/q4*-1;;. The molecule has 0 aliphatic rings. The molecule has 0 bridgehead atoms. The van der Waals surface area contributed by atoms with Gasteiger partial charge in [-0.1, -0.05) is 147 Å². The Morgan fingerprint density at radius 3 is 1.58 bits per heavy atom. The van der Waals surface area contributed by atoms with Gasteiger partial charge in [-0.05, 0) is 45.9 Å². The van der Waals surface area contributed by atoms with E-state index < -0.39 is 0 Å². The molecule has 0 aliphatic heterocycles. The van der Waals surface area contributed by atoms with Crippen LogP contribution < -0.4 is 0 Å². The van der Waals surface area contributed by atoms with Crippen LogP contribution in [0.15, 0.2) is 97.1 Å². The van der Waals surface area contributed by atoms with Gasteiger partial charge in [-0.3, -0.25) is 0 Å². The molecule has 2 heteroatoms. The van der Waals surface area contributed by atoms with Gasteiger partial charge in [0.15, 0.2) is 0 Å². The van der Waals surface area contributed by atoms with Gasteiger partial charge in [-0.25, -0.2) is 0 Å². The summed E-state index contributed by atoms with van der Waals surface area (Å²) in [4.78, 5) is 0. The normalized spacial score (nSPS) is 11.2. The van der Waals surface area contributed by atoms with Crippen molar-refractivity contribution in [1.82, 2.24) is 0 Å². The molecule has 6 aromatic carbocycles. The van der Waals surface area contributed by atoms with Crippen molar-refractivity contribution in [3.8, 4) is 22.3 Å². The van der Waals surface area contributed by atoms with Crippen LogP contribution in [0.4, 0.5) is 0 Å². The van der Waals surface area contributed by atoms with Gasteiger partial charge in [-0.2, -0.15) is 12.1 Å². The van der Waals surface area contributed by atoms with Crippen molar-refractivity contribution in [2.24, 2.45) is 0 Å². The number of hydrogen-bond donors (Lipinski definition) is 0. The molecule has 252 valence electrons. The van der Waals surface area contributed by atoms with Gasteiger partial charge >= 0.3 is 30.2 Å². The molecular formula is C46H56SiZr-4. The van der Waals surface area contributed by atoms with Crippen molar-refractivity contribution in [1.29, 1.82) is 0 Å². The Hall–Kier alpha value is -2.80. The summed E-state index contributed by atoms with van der Waals surface area (Å²) < 4.78 is 0. The van der Waals surface area contributed by atoms with Crippen LogP contribution in [0.5, 0.6) is 0 Å². The van der Waals surface area contributed by atoms with Crippen molar-refractivity contribution in [3.63, 3.8) is 0 Å². The number of aryl methyl sites for hydroxylation is 3. The molecular weight excluding hydrogens is 672 g/mol.